The molecule has 0 saturated carbocycles. The standard InChI is InChI=1S/C12H8F2O2/c1-7(15)16-9-4-2-8-3-5-11(13)12(14)10(8)6-9/h2-6H,1H3. The molecule has 16 heavy (non-hydrogen) atoms. The lowest BCUT2D eigenvalue weighted by atomic mass is 10.1. The minimum atomic E-state index is -0.938. The number of benzene rings is 2. The summed E-state index contributed by atoms with van der Waals surface area (Å²) >= 11 is 0. The summed E-state index contributed by atoms with van der Waals surface area (Å²) in [5, 5.41) is 0.647. The Morgan fingerprint density at radius 2 is 1.88 bits per heavy atom. The van der Waals surface area contributed by atoms with Gasteiger partial charge in [0.1, 0.15) is 5.75 Å². The molecule has 82 valence electrons. The molecule has 0 heterocycles. The predicted molar refractivity (Wildman–Crippen MR) is 55.2 cm³/mol. The quantitative estimate of drug-likeness (QED) is 0.547. The smallest absolute Gasteiger partial charge is 0.308 e. The second kappa shape index (κ2) is 3.89. The lowest BCUT2D eigenvalue weighted by Crippen LogP contribution is -2.01. The molecule has 2 rings (SSSR count). The van der Waals surface area contributed by atoms with Crippen LogP contribution >= 0.6 is 0 Å². The second-order valence-electron chi connectivity index (χ2n) is 3.34. The molecule has 0 unspecified atom stereocenters. The Hall–Kier alpha value is -1.97. The van der Waals surface area contributed by atoms with Crippen LogP contribution in [-0.4, -0.2) is 5.97 Å². The molecule has 4 heteroatoms. The predicted octanol–water partition coefficient (Wildman–Crippen LogP) is 3.04. The monoisotopic (exact) mass is 222 g/mol. The van der Waals surface area contributed by atoms with E-state index in [0.29, 0.717) is 5.39 Å². The van der Waals surface area contributed by atoms with Gasteiger partial charge in [0.15, 0.2) is 11.6 Å². The van der Waals surface area contributed by atoms with Crippen molar-refractivity contribution in [1.29, 1.82) is 0 Å². The zero-order chi connectivity index (χ0) is 11.7. The van der Waals surface area contributed by atoms with E-state index in [1.807, 2.05) is 0 Å². The Bertz CT molecular complexity index is 564. The third-order valence-electron chi connectivity index (χ3n) is 2.14. The van der Waals surface area contributed by atoms with Gasteiger partial charge in [-0.15, -0.1) is 0 Å². The fourth-order valence-electron chi connectivity index (χ4n) is 1.47. The maximum absolute atomic E-state index is 13.4. The molecule has 0 bridgehead atoms. The molecule has 0 spiro atoms. The Balaban J connectivity index is 2.59. The Labute approximate surface area is 90.4 Å². The van der Waals surface area contributed by atoms with Gasteiger partial charge in [-0.05, 0) is 23.6 Å². The Kier molecular flexibility index (Phi) is 2.56. The van der Waals surface area contributed by atoms with Gasteiger partial charge in [-0.1, -0.05) is 12.1 Å². The largest absolute Gasteiger partial charge is 0.427 e. The normalized spacial score (nSPS) is 10.4. The van der Waals surface area contributed by atoms with E-state index in [4.69, 9.17) is 4.74 Å². The fourth-order valence-corrected chi connectivity index (χ4v) is 1.47. The van der Waals surface area contributed by atoms with E-state index in [1.165, 1.54) is 25.1 Å². The molecule has 0 fully saturated rings. The molecule has 0 saturated heterocycles. The van der Waals surface area contributed by atoms with Crippen LogP contribution in [0, 0.1) is 11.6 Å². The van der Waals surface area contributed by atoms with Gasteiger partial charge >= 0.3 is 5.97 Å². The number of halogens is 2. The third-order valence-corrected chi connectivity index (χ3v) is 2.14. The number of carbonyl (C=O) groups excluding carboxylic acids is 1. The van der Waals surface area contributed by atoms with Crippen molar-refractivity contribution in [2.24, 2.45) is 0 Å². The van der Waals surface area contributed by atoms with Gasteiger partial charge in [-0.2, -0.15) is 0 Å². The molecule has 2 aromatic rings. The summed E-state index contributed by atoms with van der Waals surface area (Å²) in [6.45, 7) is 1.24. The van der Waals surface area contributed by atoms with Gasteiger partial charge in [0, 0.05) is 12.3 Å². The van der Waals surface area contributed by atoms with Gasteiger partial charge in [-0.25, -0.2) is 8.78 Å². The lowest BCUT2D eigenvalue weighted by Gasteiger charge is -2.04. The first-order valence-corrected chi connectivity index (χ1v) is 4.64. The van der Waals surface area contributed by atoms with Crippen LogP contribution in [0.5, 0.6) is 5.75 Å². The van der Waals surface area contributed by atoms with Crippen LogP contribution in [0.1, 0.15) is 6.92 Å². The van der Waals surface area contributed by atoms with Crippen LogP contribution in [0.25, 0.3) is 10.8 Å². The number of hydrogen-bond acceptors (Lipinski definition) is 2. The molecule has 0 aliphatic heterocycles. The molecule has 2 nitrogen and oxygen atoms in total. The van der Waals surface area contributed by atoms with Crippen LogP contribution < -0.4 is 4.74 Å². The molecular weight excluding hydrogens is 214 g/mol. The van der Waals surface area contributed by atoms with Gasteiger partial charge in [0.25, 0.3) is 0 Å². The number of ether oxygens (including phenoxy) is 1. The first-order valence-electron chi connectivity index (χ1n) is 4.64. The fraction of sp³-hybridized carbons (Fsp3) is 0.0833. The summed E-state index contributed by atoms with van der Waals surface area (Å²) in [5.41, 5.74) is 0. The maximum Gasteiger partial charge on any atom is 0.308 e. The van der Waals surface area contributed by atoms with Crippen LogP contribution in [0.4, 0.5) is 8.78 Å². The second-order valence-corrected chi connectivity index (χ2v) is 3.34. The number of fused-ring (bicyclic) bond motifs is 1. The topological polar surface area (TPSA) is 26.3 Å². The summed E-state index contributed by atoms with van der Waals surface area (Å²) < 4.78 is 31.1. The van der Waals surface area contributed by atoms with E-state index in [-0.39, 0.29) is 11.1 Å². The van der Waals surface area contributed by atoms with Crippen molar-refractivity contribution in [1.82, 2.24) is 0 Å². The van der Waals surface area contributed by atoms with Crippen molar-refractivity contribution >= 4 is 16.7 Å². The van der Waals surface area contributed by atoms with E-state index in [2.05, 4.69) is 0 Å². The zero-order valence-electron chi connectivity index (χ0n) is 8.46. The minimum Gasteiger partial charge on any atom is -0.427 e. The van der Waals surface area contributed by atoms with E-state index >= 15 is 0 Å². The van der Waals surface area contributed by atoms with Gasteiger partial charge < -0.3 is 4.74 Å². The van der Waals surface area contributed by atoms with Crippen molar-refractivity contribution in [3.05, 3.63) is 42.0 Å². The maximum atomic E-state index is 13.4. The molecule has 0 aliphatic rings. The van der Waals surface area contributed by atoms with Crippen LogP contribution in [-0.2, 0) is 4.79 Å². The van der Waals surface area contributed by atoms with E-state index in [9.17, 15) is 13.6 Å². The number of carbonyl (C=O) groups is 1. The van der Waals surface area contributed by atoms with Gasteiger partial charge in [0.2, 0.25) is 0 Å². The van der Waals surface area contributed by atoms with Crippen LogP contribution in [0.15, 0.2) is 30.3 Å². The summed E-state index contributed by atoms with van der Waals surface area (Å²) in [6, 6.07) is 6.92. The average molecular weight is 222 g/mol. The molecule has 0 radical (unpaired) electrons. The first kappa shape index (κ1) is 10.5. The summed E-state index contributed by atoms with van der Waals surface area (Å²) in [6.07, 6.45) is 0. The molecular formula is C12H8F2O2. The minimum absolute atomic E-state index is 0.0961. The van der Waals surface area contributed by atoms with E-state index in [1.54, 1.807) is 6.07 Å². The average Bonchev–Trinajstić information content (AvgIpc) is 2.23. The zero-order valence-corrected chi connectivity index (χ0v) is 8.46. The Morgan fingerprint density at radius 1 is 1.19 bits per heavy atom. The highest BCUT2D eigenvalue weighted by atomic mass is 19.2. The molecule has 0 aliphatic carbocycles. The SMILES string of the molecule is CC(=O)Oc1ccc2ccc(F)c(F)c2c1. The highest BCUT2D eigenvalue weighted by molar-refractivity contribution is 5.85. The first-order chi connectivity index (χ1) is 7.58. The lowest BCUT2D eigenvalue weighted by molar-refractivity contribution is -0.131. The molecule has 0 aromatic heterocycles. The highest BCUT2D eigenvalue weighted by Gasteiger charge is 2.08. The summed E-state index contributed by atoms with van der Waals surface area (Å²) in [5.74, 6) is -2.17. The van der Waals surface area contributed by atoms with Crippen molar-refractivity contribution in [2.45, 2.75) is 6.92 Å². The number of rotatable bonds is 1. The Morgan fingerprint density at radius 3 is 2.56 bits per heavy atom. The number of hydrogen-bond donors (Lipinski definition) is 0. The van der Waals surface area contributed by atoms with E-state index < -0.39 is 17.6 Å². The van der Waals surface area contributed by atoms with Crippen molar-refractivity contribution in [3.63, 3.8) is 0 Å². The molecule has 2 aromatic carbocycles. The molecule has 0 N–H and O–H groups in total. The molecule has 0 amide bonds. The van der Waals surface area contributed by atoms with Crippen molar-refractivity contribution < 1.29 is 18.3 Å². The van der Waals surface area contributed by atoms with Crippen molar-refractivity contribution in [3.8, 4) is 5.75 Å². The van der Waals surface area contributed by atoms with Crippen molar-refractivity contribution in [2.75, 3.05) is 0 Å². The van der Waals surface area contributed by atoms with Crippen LogP contribution in [0.3, 0.4) is 0 Å². The summed E-state index contributed by atoms with van der Waals surface area (Å²) in [4.78, 5) is 10.7. The van der Waals surface area contributed by atoms with E-state index in [0.717, 1.165) is 6.07 Å². The van der Waals surface area contributed by atoms with Crippen LogP contribution in [0.2, 0.25) is 0 Å². The molecule has 0 atom stereocenters. The summed E-state index contributed by atoms with van der Waals surface area (Å²) in [7, 11) is 0. The third kappa shape index (κ3) is 1.86. The van der Waals surface area contributed by atoms with Gasteiger partial charge in [-0.3, -0.25) is 4.79 Å². The highest BCUT2D eigenvalue weighted by Crippen LogP contribution is 2.24. The van der Waals surface area contributed by atoms with Gasteiger partial charge in [0.05, 0.1) is 0 Å². The number of esters is 1.